The van der Waals surface area contributed by atoms with E-state index in [9.17, 15) is 4.79 Å². The minimum atomic E-state index is -0.175. The number of rotatable bonds is 2. The molecule has 0 unspecified atom stereocenters. The van der Waals surface area contributed by atoms with Crippen LogP contribution in [0.1, 0.15) is 5.56 Å². The van der Waals surface area contributed by atoms with Crippen LogP contribution in [0.3, 0.4) is 0 Å². The molecule has 1 aromatic rings. The van der Waals surface area contributed by atoms with Crippen molar-refractivity contribution in [3.8, 4) is 0 Å². The third-order valence-corrected chi connectivity index (χ3v) is 3.33. The third kappa shape index (κ3) is 2.52. The first-order valence-corrected chi connectivity index (χ1v) is 5.70. The third-order valence-electron chi connectivity index (χ3n) is 2.09. The van der Waals surface area contributed by atoms with E-state index in [1.807, 2.05) is 24.3 Å². The summed E-state index contributed by atoms with van der Waals surface area (Å²) in [5.74, 6) is -0.146. The molecule has 1 aromatic carbocycles. The average Bonchev–Trinajstić information content (AvgIpc) is 2.49. The summed E-state index contributed by atoms with van der Waals surface area (Å²) in [4.78, 5) is 15.0. The van der Waals surface area contributed by atoms with E-state index >= 15 is 0 Å². The maximum Gasteiger partial charge on any atom is 0.261 e. The van der Waals surface area contributed by atoms with Gasteiger partial charge in [0.05, 0.1) is 5.25 Å². The molecule has 0 radical (unpaired) electrons. The van der Waals surface area contributed by atoms with Gasteiger partial charge in [-0.25, -0.2) is 0 Å². The topological polar surface area (TPSA) is 55.4 Å². The van der Waals surface area contributed by atoms with Crippen molar-refractivity contribution in [2.45, 2.75) is 11.7 Å². The van der Waals surface area contributed by atoms with Crippen molar-refractivity contribution in [1.82, 2.24) is 0 Å². The van der Waals surface area contributed by atoms with Crippen molar-refractivity contribution >= 4 is 34.4 Å². The molecular formula is C10H9ClN2OS. The molecule has 0 bridgehead atoms. The number of benzene rings is 1. The first kappa shape index (κ1) is 10.5. The number of thioether (sulfide) groups is 1. The lowest BCUT2D eigenvalue weighted by Crippen LogP contribution is -2.14. The summed E-state index contributed by atoms with van der Waals surface area (Å²) in [6, 6.07) is 7.44. The number of halogens is 1. The van der Waals surface area contributed by atoms with Crippen molar-refractivity contribution in [2.24, 2.45) is 10.7 Å². The molecule has 0 spiro atoms. The zero-order valence-corrected chi connectivity index (χ0v) is 9.39. The van der Waals surface area contributed by atoms with Gasteiger partial charge in [-0.05, 0) is 24.1 Å². The Morgan fingerprint density at radius 2 is 2.07 bits per heavy atom. The van der Waals surface area contributed by atoms with Crippen molar-refractivity contribution in [2.75, 3.05) is 0 Å². The van der Waals surface area contributed by atoms with Crippen LogP contribution in [0.5, 0.6) is 0 Å². The smallest absolute Gasteiger partial charge is 0.261 e. The molecule has 1 aliphatic heterocycles. The Hall–Kier alpha value is -1.000. The summed E-state index contributed by atoms with van der Waals surface area (Å²) in [7, 11) is 0. The maximum absolute atomic E-state index is 11.3. The Bertz CT molecular complexity index is 416. The SMILES string of the molecule is NC1=NC(=O)[C@@H](Cc2ccc(Cl)cc2)S1. The highest BCUT2D eigenvalue weighted by atomic mass is 35.5. The second-order valence-electron chi connectivity index (χ2n) is 3.23. The van der Waals surface area contributed by atoms with Crippen molar-refractivity contribution < 1.29 is 4.79 Å². The Morgan fingerprint density at radius 3 is 2.60 bits per heavy atom. The molecule has 2 N–H and O–H groups in total. The summed E-state index contributed by atoms with van der Waals surface area (Å²) in [6.45, 7) is 0. The van der Waals surface area contributed by atoms with Gasteiger partial charge in [0.15, 0.2) is 5.17 Å². The monoisotopic (exact) mass is 240 g/mol. The van der Waals surface area contributed by atoms with Gasteiger partial charge < -0.3 is 5.73 Å². The number of nitrogens with zero attached hydrogens (tertiary/aromatic N) is 1. The summed E-state index contributed by atoms with van der Waals surface area (Å²) in [5.41, 5.74) is 6.53. The van der Waals surface area contributed by atoms with E-state index in [2.05, 4.69) is 4.99 Å². The summed E-state index contributed by atoms with van der Waals surface area (Å²) in [6.07, 6.45) is 0.644. The van der Waals surface area contributed by atoms with Crippen LogP contribution in [0.2, 0.25) is 5.02 Å². The number of nitrogens with two attached hydrogens (primary N) is 1. The Balaban J connectivity index is 2.04. The van der Waals surface area contributed by atoms with Crippen LogP contribution in [-0.4, -0.2) is 16.3 Å². The molecule has 0 saturated carbocycles. The molecule has 1 amide bonds. The van der Waals surface area contributed by atoms with Gasteiger partial charge in [0.25, 0.3) is 5.91 Å². The van der Waals surface area contributed by atoms with E-state index in [4.69, 9.17) is 17.3 Å². The number of amides is 1. The Morgan fingerprint density at radius 1 is 1.40 bits per heavy atom. The van der Waals surface area contributed by atoms with Crippen molar-refractivity contribution in [3.05, 3.63) is 34.9 Å². The van der Waals surface area contributed by atoms with Crippen LogP contribution in [0.25, 0.3) is 0 Å². The predicted molar refractivity (Wildman–Crippen MR) is 63.2 cm³/mol. The number of carbonyl (C=O) groups is 1. The second kappa shape index (κ2) is 4.24. The largest absolute Gasteiger partial charge is 0.378 e. The van der Waals surface area contributed by atoms with E-state index in [0.29, 0.717) is 16.6 Å². The fourth-order valence-corrected chi connectivity index (χ4v) is 2.36. The zero-order valence-electron chi connectivity index (χ0n) is 7.81. The molecule has 1 aliphatic rings. The molecule has 78 valence electrons. The molecule has 1 atom stereocenters. The predicted octanol–water partition coefficient (Wildman–Crippen LogP) is 1.84. The van der Waals surface area contributed by atoms with Crippen LogP contribution in [0.15, 0.2) is 29.3 Å². The average molecular weight is 241 g/mol. The highest BCUT2D eigenvalue weighted by Gasteiger charge is 2.26. The minimum absolute atomic E-state index is 0.146. The molecule has 3 nitrogen and oxygen atoms in total. The van der Waals surface area contributed by atoms with Gasteiger partial charge in [0.2, 0.25) is 0 Å². The van der Waals surface area contributed by atoms with E-state index in [0.717, 1.165) is 5.56 Å². The van der Waals surface area contributed by atoms with Gasteiger partial charge in [-0.2, -0.15) is 4.99 Å². The van der Waals surface area contributed by atoms with Crippen molar-refractivity contribution in [1.29, 1.82) is 0 Å². The van der Waals surface area contributed by atoms with Crippen LogP contribution in [0, 0.1) is 0 Å². The number of amidine groups is 1. The maximum atomic E-state index is 11.3. The van der Waals surface area contributed by atoms with Gasteiger partial charge in [0, 0.05) is 5.02 Å². The summed E-state index contributed by atoms with van der Waals surface area (Å²) < 4.78 is 0. The second-order valence-corrected chi connectivity index (χ2v) is 4.88. The van der Waals surface area contributed by atoms with Crippen LogP contribution < -0.4 is 5.73 Å². The minimum Gasteiger partial charge on any atom is -0.378 e. The highest BCUT2D eigenvalue weighted by molar-refractivity contribution is 8.15. The van der Waals surface area contributed by atoms with Crippen molar-refractivity contribution in [3.63, 3.8) is 0 Å². The van der Waals surface area contributed by atoms with E-state index in [1.54, 1.807) is 0 Å². The van der Waals surface area contributed by atoms with Gasteiger partial charge in [-0.1, -0.05) is 35.5 Å². The molecule has 15 heavy (non-hydrogen) atoms. The standard InChI is InChI=1S/C10H9ClN2OS/c11-7-3-1-6(2-4-7)5-8-9(14)13-10(12)15-8/h1-4,8H,5H2,(H2,12,13,14)/t8-/m1/s1. The Kier molecular flexibility index (Phi) is 2.98. The highest BCUT2D eigenvalue weighted by Crippen LogP contribution is 2.24. The molecule has 0 aliphatic carbocycles. The lowest BCUT2D eigenvalue weighted by molar-refractivity contribution is -0.117. The summed E-state index contributed by atoms with van der Waals surface area (Å²) >= 11 is 7.08. The molecule has 0 saturated heterocycles. The van der Waals surface area contributed by atoms with Crippen LogP contribution >= 0.6 is 23.4 Å². The van der Waals surface area contributed by atoms with Gasteiger partial charge in [-0.15, -0.1) is 0 Å². The van der Waals surface area contributed by atoms with E-state index in [1.165, 1.54) is 11.8 Å². The first-order chi connectivity index (χ1) is 7.15. The van der Waals surface area contributed by atoms with Crippen LogP contribution in [0.4, 0.5) is 0 Å². The molecule has 1 heterocycles. The zero-order chi connectivity index (χ0) is 10.8. The quantitative estimate of drug-likeness (QED) is 0.858. The first-order valence-electron chi connectivity index (χ1n) is 4.44. The molecule has 5 heteroatoms. The van der Waals surface area contributed by atoms with Gasteiger partial charge >= 0.3 is 0 Å². The number of aliphatic imine (C=N–C) groups is 1. The Labute approximate surface area is 96.7 Å². The van der Waals surface area contributed by atoms with Gasteiger partial charge in [-0.3, -0.25) is 4.79 Å². The summed E-state index contributed by atoms with van der Waals surface area (Å²) in [5, 5.41) is 0.880. The normalized spacial score (nSPS) is 20.5. The number of hydrogen-bond donors (Lipinski definition) is 1. The van der Waals surface area contributed by atoms with E-state index < -0.39 is 0 Å². The lowest BCUT2D eigenvalue weighted by atomic mass is 10.1. The molecular weight excluding hydrogens is 232 g/mol. The van der Waals surface area contributed by atoms with E-state index in [-0.39, 0.29) is 11.2 Å². The lowest BCUT2D eigenvalue weighted by Gasteiger charge is -2.05. The fourth-order valence-electron chi connectivity index (χ4n) is 1.37. The van der Waals surface area contributed by atoms with Gasteiger partial charge in [0.1, 0.15) is 0 Å². The molecule has 0 aromatic heterocycles. The number of hydrogen-bond acceptors (Lipinski definition) is 3. The van der Waals surface area contributed by atoms with Crippen LogP contribution in [-0.2, 0) is 11.2 Å². The molecule has 2 rings (SSSR count). The number of carbonyl (C=O) groups excluding carboxylic acids is 1. The molecule has 0 fully saturated rings. The fraction of sp³-hybridized carbons (Fsp3) is 0.200.